The summed E-state index contributed by atoms with van der Waals surface area (Å²) in [6, 6.07) is 9.12. The van der Waals surface area contributed by atoms with Gasteiger partial charge in [0, 0.05) is 38.1 Å². The summed E-state index contributed by atoms with van der Waals surface area (Å²) in [5.41, 5.74) is 2.19. The van der Waals surface area contributed by atoms with E-state index in [4.69, 9.17) is 0 Å². The molecule has 2 saturated heterocycles. The maximum atomic E-state index is 13.3. The first-order valence-corrected chi connectivity index (χ1v) is 13.6. The molecule has 0 aliphatic carbocycles. The number of sulfonamides is 1. The van der Waals surface area contributed by atoms with Crippen molar-refractivity contribution in [2.75, 3.05) is 31.5 Å². The smallest absolute Gasteiger partial charge is 0.270 e. The molecule has 9 heteroatoms. The predicted octanol–water partition coefficient (Wildman–Crippen LogP) is 3.49. The van der Waals surface area contributed by atoms with Gasteiger partial charge >= 0.3 is 0 Å². The molecule has 4 rings (SSSR count). The first kappa shape index (κ1) is 24.5. The van der Waals surface area contributed by atoms with E-state index in [0.29, 0.717) is 44.1 Å². The maximum Gasteiger partial charge on any atom is 0.270 e. The number of hydrogen-bond acceptors (Lipinski definition) is 4. The average Bonchev–Trinajstić information content (AvgIpc) is 3.36. The summed E-state index contributed by atoms with van der Waals surface area (Å²) < 4.78 is 27.9. The highest BCUT2D eigenvalue weighted by Crippen LogP contribution is 2.26. The van der Waals surface area contributed by atoms with Crippen molar-refractivity contribution in [2.24, 2.45) is 11.8 Å². The van der Waals surface area contributed by atoms with Crippen molar-refractivity contribution in [3.05, 3.63) is 47.8 Å². The second kappa shape index (κ2) is 10.3. The number of anilines is 1. The van der Waals surface area contributed by atoms with Crippen LogP contribution in [0.2, 0.25) is 0 Å². The van der Waals surface area contributed by atoms with E-state index >= 15 is 0 Å². The number of rotatable bonds is 6. The summed E-state index contributed by atoms with van der Waals surface area (Å²) in [4.78, 5) is 30.3. The number of nitrogens with one attached hydrogen (secondary N) is 2. The molecule has 1 unspecified atom stereocenters. The van der Waals surface area contributed by atoms with Crippen molar-refractivity contribution in [2.45, 2.75) is 50.8 Å². The largest absolute Gasteiger partial charge is 0.356 e. The predicted molar refractivity (Wildman–Crippen MR) is 131 cm³/mol. The lowest BCUT2D eigenvalue weighted by Gasteiger charge is -2.31. The fraction of sp³-hybridized carbons (Fsp3) is 0.520. The van der Waals surface area contributed by atoms with Crippen molar-refractivity contribution in [3.63, 3.8) is 0 Å². The van der Waals surface area contributed by atoms with Gasteiger partial charge < -0.3 is 15.2 Å². The molecule has 184 valence electrons. The number of benzene rings is 1. The number of amides is 2. The number of carbonyl (C=O) groups is 2. The molecule has 2 N–H and O–H groups in total. The van der Waals surface area contributed by atoms with E-state index in [1.165, 1.54) is 22.1 Å². The molecule has 2 aliphatic heterocycles. The molecule has 3 heterocycles. The summed E-state index contributed by atoms with van der Waals surface area (Å²) in [5, 5.41) is 2.92. The maximum absolute atomic E-state index is 13.3. The third-order valence-electron chi connectivity index (χ3n) is 6.98. The number of likely N-dealkylation sites (tertiary alicyclic amines) is 1. The SMILES string of the molecule is CCc1ccc(NC(=O)C2CCCN(S(=O)(=O)c3c[nH]c(C(=O)N4CCC(C)CC4)c3)C2)cc1. The van der Waals surface area contributed by atoms with Crippen LogP contribution in [0.3, 0.4) is 0 Å². The van der Waals surface area contributed by atoms with E-state index in [2.05, 4.69) is 24.1 Å². The van der Waals surface area contributed by atoms with Gasteiger partial charge in [0.15, 0.2) is 0 Å². The molecule has 34 heavy (non-hydrogen) atoms. The number of hydrogen-bond donors (Lipinski definition) is 2. The molecular formula is C25H34N4O4S. The molecule has 1 aromatic heterocycles. The first-order valence-electron chi connectivity index (χ1n) is 12.2. The molecule has 0 saturated carbocycles. The summed E-state index contributed by atoms with van der Waals surface area (Å²) in [7, 11) is -3.81. The van der Waals surface area contributed by atoms with E-state index in [-0.39, 0.29) is 28.9 Å². The van der Waals surface area contributed by atoms with Gasteiger partial charge in [-0.25, -0.2) is 8.42 Å². The standard InChI is InChI=1S/C25H34N4O4S/c1-3-19-6-8-21(9-7-19)27-24(30)20-5-4-12-29(17-20)34(32,33)22-15-23(26-16-22)25(31)28-13-10-18(2)11-14-28/h6-9,15-16,18,20,26H,3-5,10-14,17H2,1-2H3,(H,27,30). The molecule has 1 atom stereocenters. The highest BCUT2D eigenvalue weighted by atomic mass is 32.2. The zero-order chi connectivity index (χ0) is 24.3. The van der Waals surface area contributed by atoms with Gasteiger partial charge in [-0.3, -0.25) is 9.59 Å². The van der Waals surface area contributed by atoms with Gasteiger partial charge in [0.2, 0.25) is 15.9 Å². The number of H-pyrrole nitrogens is 1. The second-order valence-electron chi connectivity index (χ2n) is 9.47. The number of piperidine rings is 2. The Morgan fingerprint density at radius 1 is 1.09 bits per heavy atom. The fourth-order valence-electron chi connectivity index (χ4n) is 4.62. The van der Waals surface area contributed by atoms with Crippen molar-refractivity contribution in [1.29, 1.82) is 0 Å². The van der Waals surface area contributed by atoms with Crippen LogP contribution in [-0.4, -0.2) is 60.6 Å². The molecule has 0 radical (unpaired) electrons. The lowest BCUT2D eigenvalue weighted by Crippen LogP contribution is -2.43. The van der Waals surface area contributed by atoms with Gasteiger partial charge in [-0.2, -0.15) is 4.31 Å². The Hall–Kier alpha value is -2.65. The molecule has 8 nitrogen and oxygen atoms in total. The highest BCUT2D eigenvalue weighted by Gasteiger charge is 2.34. The minimum absolute atomic E-state index is 0.0671. The summed E-state index contributed by atoms with van der Waals surface area (Å²) in [5.74, 6) is -0.167. The Bertz CT molecular complexity index is 1120. The summed E-state index contributed by atoms with van der Waals surface area (Å²) >= 11 is 0. The van der Waals surface area contributed by atoms with Gasteiger partial charge in [-0.05, 0) is 61.8 Å². The topological polar surface area (TPSA) is 103 Å². The van der Waals surface area contributed by atoms with Crippen LogP contribution in [0.5, 0.6) is 0 Å². The van der Waals surface area contributed by atoms with Crippen LogP contribution >= 0.6 is 0 Å². The minimum Gasteiger partial charge on any atom is -0.356 e. The van der Waals surface area contributed by atoms with Crippen LogP contribution in [-0.2, 0) is 21.2 Å². The number of nitrogens with zero attached hydrogens (tertiary/aromatic N) is 2. The third kappa shape index (κ3) is 5.36. The Morgan fingerprint density at radius 3 is 2.47 bits per heavy atom. The number of carbonyl (C=O) groups excluding carboxylic acids is 2. The molecule has 0 bridgehead atoms. The minimum atomic E-state index is -3.81. The van der Waals surface area contributed by atoms with Crippen molar-refractivity contribution in [3.8, 4) is 0 Å². The van der Waals surface area contributed by atoms with E-state index in [9.17, 15) is 18.0 Å². The van der Waals surface area contributed by atoms with E-state index in [0.717, 1.165) is 19.3 Å². The molecule has 0 spiro atoms. The third-order valence-corrected chi connectivity index (χ3v) is 8.82. The van der Waals surface area contributed by atoms with Crippen molar-refractivity contribution >= 4 is 27.5 Å². The molecule has 2 fully saturated rings. The van der Waals surface area contributed by atoms with Crippen molar-refractivity contribution < 1.29 is 18.0 Å². The van der Waals surface area contributed by atoms with Gasteiger partial charge in [-0.15, -0.1) is 0 Å². The molecule has 1 aromatic carbocycles. The molecule has 2 aromatic rings. The number of aryl methyl sites for hydroxylation is 1. The van der Waals surface area contributed by atoms with Gasteiger partial charge in [0.1, 0.15) is 10.6 Å². The Labute approximate surface area is 201 Å². The summed E-state index contributed by atoms with van der Waals surface area (Å²) in [6.07, 6.45) is 5.46. The van der Waals surface area contributed by atoms with Crippen molar-refractivity contribution in [1.82, 2.24) is 14.2 Å². The quantitative estimate of drug-likeness (QED) is 0.652. The van der Waals surface area contributed by atoms with E-state index in [1.54, 1.807) is 4.90 Å². The van der Waals surface area contributed by atoms with Gasteiger partial charge in [0.25, 0.3) is 5.91 Å². The normalized spacial score (nSPS) is 20.3. The molecule has 2 aliphatic rings. The van der Waals surface area contributed by atoms with Crippen LogP contribution in [0.15, 0.2) is 41.4 Å². The molecular weight excluding hydrogens is 452 g/mol. The van der Waals surface area contributed by atoms with Gasteiger partial charge in [-0.1, -0.05) is 26.0 Å². The second-order valence-corrected chi connectivity index (χ2v) is 11.4. The average molecular weight is 487 g/mol. The van der Waals surface area contributed by atoms with E-state index in [1.807, 2.05) is 24.3 Å². The Kier molecular flexibility index (Phi) is 7.42. The highest BCUT2D eigenvalue weighted by molar-refractivity contribution is 7.89. The van der Waals surface area contributed by atoms with Crippen LogP contribution in [0, 0.1) is 11.8 Å². The molecule has 2 amide bonds. The number of aromatic amines is 1. The van der Waals surface area contributed by atoms with E-state index < -0.39 is 15.9 Å². The summed E-state index contributed by atoms with van der Waals surface area (Å²) in [6.45, 7) is 6.10. The zero-order valence-corrected chi connectivity index (χ0v) is 20.7. The first-order chi connectivity index (χ1) is 16.3. The Morgan fingerprint density at radius 2 is 1.79 bits per heavy atom. The lowest BCUT2D eigenvalue weighted by atomic mass is 9.98. The monoisotopic (exact) mass is 486 g/mol. The van der Waals surface area contributed by atoms with Crippen LogP contribution in [0.1, 0.15) is 55.6 Å². The van der Waals surface area contributed by atoms with Crippen LogP contribution < -0.4 is 5.32 Å². The lowest BCUT2D eigenvalue weighted by molar-refractivity contribution is -0.120. The van der Waals surface area contributed by atoms with Crippen LogP contribution in [0.4, 0.5) is 5.69 Å². The Balaban J connectivity index is 1.41. The van der Waals surface area contributed by atoms with Gasteiger partial charge in [0.05, 0.1) is 5.92 Å². The van der Waals surface area contributed by atoms with Crippen LogP contribution in [0.25, 0.3) is 0 Å². The fourth-order valence-corrected chi connectivity index (χ4v) is 6.14. The number of aromatic nitrogens is 1. The zero-order valence-electron chi connectivity index (χ0n) is 19.9.